The number of ether oxygens (including phenoxy) is 1. The van der Waals surface area contributed by atoms with Gasteiger partial charge in [0.15, 0.2) is 5.78 Å². The first-order valence-corrected chi connectivity index (χ1v) is 7.99. The van der Waals surface area contributed by atoms with E-state index in [1.165, 1.54) is 23.5 Å². The Balaban J connectivity index is 1.78. The molecule has 0 bridgehead atoms. The molecule has 0 aliphatic heterocycles. The molecule has 1 heterocycles. The quantitative estimate of drug-likeness (QED) is 0.552. The molecular weight excluding hydrogens is 341 g/mol. The fraction of sp³-hybridized carbons (Fsp3) is 0.294. The molecule has 0 amide bonds. The molecule has 0 spiro atoms. The number of halogens is 3. The summed E-state index contributed by atoms with van der Waals surface area (Å²) in [4.78, 5) is 25.1. The molecule has 24 heavy (non-hydrogen) atoms. The van der Waals surface area contributed by atoms with E-state index in [1.54, 1.807) is 6.07 Å². The van der Waals surface area contributed by atoms with Crippen LogP contribution in [0.1, 0.15) is 38.5 Å². The normalized spacial score (nSPS) is 11.3. The Hall–Kier alpha value is -2.15. The van der Waals surface area contributed by atoms with Crippen LogP contribution in [-0.4, -0.2) is 11.8 Å². The molecule has 2 aromatic rings. The zero-order valence-electron chi connectivity index (χ0n) is 12.9. The standard InChI is InChI=1S/C17H15F3O3S/c1-11-2-8-15(24-11)14(21)7-9-16(22)23-10-12-3-5-13(6-4-12)17(18,19)20/h2-6,8H,7,9-10H2,1H3. The highest BCUT2D eigenvalue weighted by Gasteiger charge is 2.29. The summed E-state index contributed by atoms with van der Waals surface area (Å²) in [5.74, 6) is -0.684. The lowest BCUT2D eigenvalue weighted by Crippen LogP contribution is -2.08. The highest BCUT2D eigenvalue weighted by atomic mass is 32.1. The van der Waals surface area contributed by atoms with E-state index in [-0.39, 0.29) is 25.2 Å². The van der Waals surface area contributed by atoms with Crippen molar-refractivity contribution in [3.63, 3.8) is 0 Å². The van der Waals surface area contributed by atoms with Crippen LogP contribution in [0.4, 0.5) is 13.2 Å². The van der Waals surface area contributed by atoms with Gasteiger partial charge in [-0.3, -0.25) is 9.59 Å². The predicted octanol–water partition coefficient (Wildman–Crippen LogP) is 4.78. The number of thiophene rings is 1. The summed E-state index contributed by atoms with van der Waals surface area (Å²) in [6, 6.07) is 7.94. The molecule has 0 unspecified atom stereocenters. The van der Waals surface area contributed by atoms with Crippen molar-refractivity contribution in [1.29, 1.82) is 0 Å². The number of carbonyl (C=O) groups is 2. The summed E-state index contributed by atoms with van der Waals surface area (Å²) in [6.07, 6.45) is -4.40. The first-order valence-electron chi connectivity index (χ1n) is 7.17. The van der Waals surface area contributed by atoms with E-state index in [4.69, 9.17) is 4.74 Å². The molecule has 2 rings (SSSR count). The summed E-state index contributed by atoms with van der Waals surface area (Å²) in [5.41, 5.74) is -0.300. The van der Waals surface area contributed by atoms with Crippen LogP contribution in [0.2, 0.25) is 0 Å². The zero-order chi connectivity index (χ0) is 17.7. The maximum Gasteiger partial charge on any atom is 0.416 e. The number of alkyl halides is 3. The van der Waals surface area contributed by atoms with Gasteiger partial charge in [0, 0.05) is 11.3 Å². The van der Waals surface area contributed by atoms with Crippen molar-refractivity contribution in [1.82, 2.24) is 0 Å². The van der Waals surface area contributed by atoms with Crippen LogP contribution in [0.15, 0.2) is 36.4 Å². The molecule has 0 atom stereocenters. The van der Waals surface area contributed by atoms with Crippen LogP contribution in [0, 0.1) is 6.92 Å². The summed E-state index contributed by atoms with van der Waals surface area (Å²) in [5, 5.41) is 0. The minimum atomic E-state index is -4.39. The molecule has 0 aliphatic rings. The van der Waals surface area contributed by atoms with Gasteiger partial charge < -0.3 is 4.74 Å². The number of benzene rings is 1. The Labute approximate surface area is 141 Å². The maximum absolute atomic E-state index is 12.4. The number of esters is 1. The van der Waals surface area contributed by atoms with E-state index in [0.29, 0.717) is 10.4 Å². The van der Waals surface area contributed by atoms with Gasteiger partial charge in [-0.05, 0) is 36.8 Å². The molecule has 128 valence electrons. The van der Waals surface area contributed by atoms with Crippen molar-refractivity contribution in [2.24, 2.45) is 0 Å². The van der Waals surface area contributed by atoms with Gasteiger partial charge >= 0.3 is 12.1 Å². The van der Waals surface area contributed by atoms with Gasteiger partial charge in [-0.2, -0.15) is 13.2 Å². The van der Waals surface area contributed by atoms with Gasteiger partial charge in [-0.15, -0.1) is 11.3 Å². The Kier molecular flexibility index (Phi) is 5.77. The van der Waals surface area contributed by atoms with E-state index < -0.39 is 17.7 Å². The van der Waals surface area contributed by atoms with Crippen LogP contribution < -0.4 is 0 Å². The van der Waals surface area contributed by atoms with Crippen LogP contribution in [0.5, 0.6) is 0 Å². The van der Waals surface area contributed by atoms with Crippen molar-refractivity contribution in [3.8, 4) is 0 Å². The highest BCUT2D eigenvalue weighted by molar-refractivity contribution is 7.14. The average molecular weight is 356 g/mol. The zero-order valence-corrected chi connectivity index (χ0v) is 13.7. The minimum absolute atomic E-state index is 0.0474. The predicted molar refractivity (Wildman–Crippen MR) is 83.9 cm³/mol. The fourth-order valence-electron chi connectivity index (χ4n) is 1.95. The Bertz CT molecular complexity index is 717. The van der Waals surface area contributed by atoms with Crippen molar-refractivity contribution >= 4 is 23.1 Å². The second kappa shape index (κ2) is 7.61. The topological polar surface area (TPSA) is 43.4 Å². The lowest BCUT2D eigenvalue weighted by Gasteiger charge is -2.08. The number of hydrogen-bond acceptors (Lipinski definition) is 4. The average Bonchev–Trinajstić information content (AvgIpc) is 2.96. The number of ketones is 1. The number of hydrogen-bond donors (Lipinski definition) is 0. The summed E-state index contributed by atoms with van der Waals surface area (Å²) in [6.45, 7) is 1.77. The molecule has 3 nitrogen and oxygen atoms in total. The van der Waals surface area contributed by atoms with Gasteiger partial charge in [0.25, 0.3) is 0 Å². The molecule has 0 saturated carbocycles. The van der Waals surface area contributed by atoms with Crippen LogP contribution in [-0.2, 0) is 22.3 Å². The molecule has 0 N–H and O–H groups in total. The van der Waals surface area contributed by atoms with E-state index in [0.717, 1.165) is 17.0 Å². The summed E-state index contributed by atoms with van der Waals surface area (Å²) >= 11 is 1.37. The van der Waals surface area contributed by atoms with Crippen molar-refractivity contribution in [3.05, 3.63) is 57.3 Å². The maximum atomic E-state index is 12.4. The van der Waals surface area contributed by atoms with Gasteiger partial charge in [0.05, 0.1) is 16.9 Å². The monoisotopic (exact) mass is 356 g/mol. The summed E-state index contributed by atoms with van der Waals surface area (Å²) in [7, 11) is 0. The Morgan fingerprint density at radius 1 is 1.04 bits per heavy atom. The first kappa shape index (κ1) is 18.2. The highest BCUT2D eigenvalue weighted by Crippen LogP contribution is 2.29. The molecule has 1 aromatic heterocycles. The van der Waals surface area contributed by atoms with Gasteiger partial charge in [-0.1, -0.05) is 12.1 Å². The number of carbonyl (C=O) groups excluding carboxylic acids is 2. The van der Waals surface area contributed by atoms with Crippen molar-refractivity contribution in [2.45, 2.75) is 32.5 Å². The van der Waals surface area contributed by atoms with Crippen LogP contribution >= 0.6 is 11.3 Å². The van der Waals surface area contributed by atoms with E-state index in [2.05, 4.69) is 0 Å². The molecule has 0 aliphatic carbocycles. The molecule has 7 heteroatoms. The largest absolute Gasteiger partial charge is 0.461 e. The van der Waals surface area contributed by atoms with Crippen LogP contribution in [0.3, 0.4) is 0 Å². The lowest BCUT2D eigenvalue weighted by atomic mass is 10.1. The Morgan fingerprint density at radius 3 is 2.25 bits per heavy atom. The SMILES string of the molecule is Cc1ccc(C(=O)CCC(=O)OCc2ccc(C(F)(F)F)cc2)s1. The van der Waals surface area contributed by atoms with E-state index in [1.807, 2.05) is 13.0 Å². The first-order chi connectivity index (χ1) is 11.3. The van der Waals surface area contributed by atoms with Gasteiger partial charge in [0.2, 0.25) is 0 Å². The fourth-order valence-corrected chi connectivity index (χ4v) is 2.78. The summed E-state index contributed by atoms with van der Waals surface area (Å²) < 4.78 is 42.3. The third kappa shape index (κ3) is 5.19. The van der Waals surface area contributed by atoms with Gasteiger partial charge in [0.1, 0.15) is 6.61 Å². The number of rotatable bonds is 6. The van der Waals surface area contributed by atoms with Crippen LogP contribution in [0.25, 0.3) is 0 Å². The van der Waals surface area contributed by atoms with E-state index >= 15 is 0 Å². The van der Waals surface area contributed by atoms with E-state index in [9.17, 15) is 22.8 Å². The molecule has 0 fully saturated rings. The third-order valence-corrected chi connectivity index (χ3v) is 4.29. The second-order valence-corrected chi connectivity index (χ2v) is 6.48. The smallest absolute Gasteiger partial charge is 0.416 e. The van der Waals surface area contributed by atoms with Gasteiger partial charge in [-0.25, -0.2) is 0 Å². The lowest BCUT2D eigenvalue weighted by molar-refractivity contribution is -0.145. The molecule has 1 aromatic carbocycles. The van der Waals surface area contributed by atoms with Crippen molar-refractivity contribution in [2.75, 3.05) is 0 Å². The minimum Gasteiger partial charge on any atom is -0.461 e. The van der Waals surface area contributed by atoms with Crippen molar-refractivity contribution < 1.29 is 27.5 Å². The molecule has 0 saturated heterocycles. The number of Topliss-reactive ketones (excluding diaryl/α,β-unsaturated/α-hetero) is 1. The molecular formula is C17H15F3O3S. The molecule has 0 radical (unpaired) electrons. The third-order valence-electron chi connectivity index (χ3n) is 3.25. The second-order valence-electron chi connectivity index (χ2n) is 5.19. The Morgan fingerprint density at radius 2 is 1.71 bits per heavy atom. The number of aryl methyl sites for hydroxylation is 1.